The lowest BCUT2D eigenvalue weighted by Gasteiger charge is -2.26. The highest BCUT2D eigenvalue weighted by molar-refractivity contribution is 7.92. The van der Waals surface area contributed by atoms with Crippen LogP contribution in [0.15, 0.2) is 108 Å². The Labute approximate surface area is 222 Å². The summed E-state index contributed by atoms with van der Waals surface area (Å²) in [7, 11) is -2.63. The summed E-state index contributed by atoms with van der Waals surface area (Å²) in [6, 6.07) is 25.6. The molecule has 0 saturated heterocycles. The van der Waals surface area contributed by atoms with Crippen LogP contribution in [0.1, 0.15) is 16.7 Å². The SMILES string of the molecule is COc1ccc(S(=O)(=O)N(CC(=O)NCc2ccccc2)c2ccccc2/C=C/c2cc[n+]([O-])cc2)cc1. The van der Waals surface area contributed by atoms with E-state index in [1.54, 1.807) is 60.7 Å². The Hall–Kier alpha value is -4.63. The number of rotatable bonds is 10. The van der Waals surface area contributed by atoms with E-state index in [-0.39, 0.29) is 11.4 Å². The molecule has 3 aromatic carbocycles. The number of ether oxygens (including phenoxy) is 1. The van der Waals surface area contributed by atoms with Gasteiger partial charge in [0.1, 0.15) is 12.3 Å². The number of para-hydroxylation sites is 1. The van der Waals surface area contributed by atoms with Crippen LogP contribution in [0.3, 0.4) is 0 Å². The lowest BCUT2D eigenvalue weighted by Crippen LogP contribution is -2.41. The number of aromatic nitrogens is 1. The molecule has 0 radical (unpaired) electrons. The molecule has 1 N–H and O–H groups in total. The van der Waals surface area contributed by atoms with Crippen molar-refractivity contribution in [1.29, 1.82) is 0 Å². The van der Waals surface area contributed by atoms with Crippen molar-refractivity contribution in [3.8, 4) is 5.75 Å². The van der Waals surface area contributed by atoms with Gasteiger partial charge < -0.3 is 15.3 Å². The van der Waals surface area contributed by atoms with Crippen LogP contribution in [-0.2, 0) is 21.4 Å². The van der Waals surface area contributed by atoms with E-state index in [0.717, 1.165) is 15.4 Å². The number of amides is 1. The molecular weight excluding hydrogens is 502 g/mol. The molecule has 0 bridgehead atoms. The van der Waals surface area contributed by atoms with E-state index >= 15 is 0 Å². The molecule has 0 aliphatic heterocycles. The van der Waals surface area contributed by atoms with Gasteiger partial charge in [0, 0.05) is 18.7 Å². The number of nitrogens with zero attached hydrogens (tertiary/aromatic N) is 2. The molecule has 1 heterocycles. The maximum absolute atomic E-state index is 13.8. The minimum Gasteiger partial charge on any atom is -0.619 e. The number of pyridine rings is 1. The van der Waals surface area contributed by atoms with Gasteiger partial charge in [-0.1, -0.05) is 60.7 Å². The van der Waals surface area contributed by atoms with Gasteiger partial charge in [0.2, 0.25) is 5.91 Å². The standard InChI is InChI=1S/C29H27N3O5S/c1-37-26-13-15-27(16-14-26)38(35,36)32(22-29(33)30-21-24-7-3-2-4-8-24)28-10-6-5-9-25(28)12-11-23-17-19-31(34)20-18-23/h2-20H,21-22H2,1H3,(H,30,33)/b12-11+. The fraction of sp³-hybridized carbons (Fsp3) is 0.103. The highest BCUT2D eigenvalue weighted by Crippen LogP contribution is 2.29. The number of carbonyl (C=O) groups excluding carboxylic acids is 1. The van der Waals surface area contributed by atoms with Crippen molar-refractivity contribution in [2.24, 2.45) is 0 Å². The van der Waals surface area contributed by atoms with Crippen molar-refractivity contribution in [2.75, 3.05) is 18.0 Å². The van der Waals surface area contributed by atoms with Crippen molar-refractivity contribution in [3.63, 3.8) is 0 Å². The number of sulfonamides is 1. The van der Waals surface area contributed by atoms with Crippen molar-refractivity contribution in [3.05, 3.63) is 125 Å². The molecular formula is C29H27N3O5S. The van der Waals surface area contributed by atoms with Crippen LogP contribution in [0.5, 0.6) is 5.75 Å². The number of anilines is 1. The Kier molecular flexibility index (Phi) is 8.40. The normalized spacial score (nSPS) is 11.3. The van der Waals surface area contributed by atoms with Crippen LogP contribution in [-0.4, -0.2) is 28.0 Å². The summed E-state index contributed by atoms with van der Waals surface area (Å²) >= 11 is 0. The first-order chi connectivity index (χ1) is 18.4. The molecule has 0 unspecified atom stereocenters. The topological polar surface area (TPSA) is 103 Å². The van der Waals surface area contributed by atoms with Crippen LogP contribution in [0.25, 0.3) is 12.2 Å². The number of nitrogens with one attached hydrogen (secondary N) is 1. The first-order valence-electron chi connectivity index (χ1n) is 11.8. The first kappa shape index (κ1) is 26.4. The average Bonchev–Trinajstić information content (AvgIpc) is 2.95. The highest BCUT2D eigenvalue weighted by atomic mass is 32.2. The molecule has 4 aromatic rings. The zero-order chi connectivity index (χ0) is 27.0. The van der Waals surface area contributed by atoms with Crippen LogP contribution in [0.4, 0.5) is 5.69 Å². The van der Waals surface area contributed by atoms with E-state index in [2.05, 4.69) is 5.32 Å². The molecule has 0 atom stereocenters. The summed E-state index contributed by atoms with van der Waals surface area (Å²) in [4.78, 5) is 13.0. The van der Waals surface area contributed by atoms with Crippen molar-refractivity contribution < 1.29 is 22.7 Å². The van der Waals surface area contributed by atoms with Crippen LogP contribution >= 0.6 is 0 Å². The lowest BCUT2D eigenvalue weighted by molar-refractivity contribution is -0.605. The van der Waals surface area contributed by atoms with Crippen molar-refractivity contribution >= 4 is 33.8 Å². The number of hydrogen-bond acceptors (Lipinski definition) is 5. The van der Waals surface area contributed by atoms with Crippen LogP contribution in [0, 0.1) is 5.21 Å². The van der Waals surface area contributed by atoms with Gasteiger partial charge in [-0.3, -0.25) is 9.10 Å². The van der Waals surface area contributed by atoms with Gasteiger partial charge in [-0.25, -0.2) is 8.42 Å². The second-order valence-corrected chi connectivity index (χ2v) is 10.2. The Balaban J connectivity index is 1.68. The third kappa shape index (κ3) is 6.57. The second kappa shape index (κ2) is 12.1. The zero-order valence-electron chi connectivity index (χ0n) is 20.7. The predicted molar refractivity (Wildman–Crippen MR) is 147 cm³/mol. The fourth-order valence-corrected chi connectivity index (χ4v) is 5.18. The lowest BCUT2D eigenvalue weighted by atomic mass is 10.1. The highest BCUT2D eigenvalue weighted by Gasteiger charge is 2.28. The van der Waals surface area contributed by atoms with E-state index in [0.29, 0.717) is 21.7 Å². The van der Waals surface area contributed by atoms with Crippen LogP contribution in [0.2, 0.25) is 0 Å². The van der Waals surface area contributed by atoms with E-state index < -0.39 is 22.5 Å². The zero-order valence-corrected chi connectivity index (χ0v) is 21.5. The summed E-state index contributed by atoms with van der Waals surface area (Å²) in [5.41, 5.74) is 2.58. The van der Waals surface area contributed by atoms with Crippen molar-refractivity contribution in [1.82, 2.24) is 5.32 Å². The average molecular weight is 530 g/mol. The molecule has 1 aromatic heterocycles. The minimum atomic E-state index is -4.13. The van der Waals surface area contributed by atoms with Gasteiger partial charge in [-0.2, -0.15) is 4.73 Å². The third-order valence-corrected chi connectivity index (χ3v) is 7.53. The molecule has 0 spiro atoms. The van der Waals surface area contributed by atoms with Gasteiger partial charge in [-0.15, -0.1) is 0 Å². The van der Waals surface area contributed by atoms with E-state index in [4.69, 9.17) is 4.74 Å². The maximum Gasteiger partial charge on any atom is 0.264 e. The maximum atomic E-state index is 13.8. The second-order valence-electron chi connectivity index (χ2n) is 8.33. The van der Waals surface area contributed by atoms with Crippen molar-refractivity contribution in [2.45, 2.75) is 11.4 Å². The molecule has 0 aliphatic rings. The Morgan fingerprint density at radius 1 is 0.921 bits per heavy atom. The number of benzene rings is 3. The van der Waals surface area contributed by atoms with Crippen LogP contribution < -0.4 is 19.1 Å². The monoisotopic (exact) mass is 529 g/mol. The Bertz CT molecular complexity index is 1500. The molecule has 0 fully saturated rings. The largest absolute Gasteiger partial charge is 0.619 e. The summed E-state index contributed by atoms with van der Waals surface area (Å²) in [5, 5.41) is 14.2. The molecule has 38 heavy (non-hydrogen) atoms. The van der Waals surface area contributed by atoms with Gasteiger partial charge in [0.15, 0.2) is 12.4 Å². The fourth-order valence-electron chi connectivity index (χ4n) is 3.73. The number of hydrogen-bond donors (Lipinski definition) is 1. The first-order valence-corrected chi connectivity index (χ1v) is 13.2. The van der Waals surface area contributed by atoms with Gasteiger partial charge >= 0.3 is 0 Å². The minimum absolute atomic E-state index is 0.0241. The predicted octanol–water partition coefficient (Wildman–Crippen LogP) is 4.01. The van der Waals surface area contributed by atoms with Gasteiger partial charge in [0.05, 0.1) is 17.7 Å². The van der Waals surface area contributed by atoms with Gasteiger partial charge in [-0.05, 0) is 47.0 Å². The molecule has 9 heteroatoms. The Morgan fingerprint density at radius 3 is 2.26 bits per heavy atom. The van der Waals surface area contributed by atoms with E-state index in [1.807, 2.05) is 30.3 Å². The molecule has 4 rings (SSSR count). The number of carbonyl (C=O) groups is 1. The third-order valence-electron chi connectivity index (χ3n) is 5.76. The molecule has 194 valence electrons. The molecule has 0 aliphatic carbocycles. The smallest absolute Gasteiger partial charge is 0.264 e. The van der Waals surface area contributed by atoms with E-state index in [9.17, 15) is 18.4 Å². The number of methoxy groups -OCH3 is 1. The van der Waals surface area contributed by atoms with Gasteiger partial charge in [0.25, 0.3) is 10.0 Å². The van der Waals surface area contributed by atoms with E-state index in [1.165, 1.54) is 31.6 Å². The molecule has 0 saturated carbocycles. The molecule has 1 amide bonds. The summed E-state index contributed by atoms with van der Waals surface area (Å²) < 4.78 is 34.6. The summed E-state index contributed by atoms with van der Waals surface area (Å²) in [6.07, 6.45) is 6.27. The Morgan fingerprint density at radius 2 is 1.58 bits per heavy atom. The summed E-state index contributed by atoms with van der Waals surface area (Å²) in [5.74, 6) is 0.0643. The summed E-state index contributed by atoms with van der Waals surface area (Å²) in [6.45, 7) is -0.154. The quantitative estimate of drug-likeness (QED) is 0.247. The molecule has 8 nitrogen and oxygen atoms in total.